The molecule has 0 N–H and O–H groups in total. The molecule has 0 spiro atoms. The van der Waals surface area contributed by atoms with Gasteiger partial charge in [0, 0.05) is 0 Å². The Hall–Kier alpha value is -3.73. The zero-order valence-corrected chi connectivity index (χ0v) is 24.4. The fourth-order valence-electron chi connectivity index (χ4n) is 7.70. The van der Waals surface area contributed by atoms with Crippen LogP contribution in [-0.2, 0) is 0 Å². The van der Waals surface area contributed by atoms with Crippen LogP contribution in [0, 0.1) is 0 Å². The molecule has 2 heteroatoms. The summed E-state index contributed by atoms with van der Waals surface area (Å²) in [6.07, 6.45) is 0. The van der Waals surface area contributed by atoms with Crippen LogP contribution in [0.2, 0.25) is 26.2 Å². The molecule has 0 saturated carbocycles. The van der Waals surface area contributed by atoms with E-state index >= 15 is 0 Å². The van der Waals surface area contributed by atoms with Gasteiger partial charge in [-0.15, -0.1) is 0 Å². The van der Waals surface area contributed by atoms with Crippen LogP contribution in [0.3, 0.4) is 0 Å². The first-order valence-electron chi connectivity index (χ1n) is 13.7. The first-order chi connectivity index (χ1) is 18.4. The van der Waals surface area contributed by atoms with Crippen molar-refractivity contribution in [1.29, 1.82) is 0 Å². The molecule has 6 aromatic rings. The van der Waals surface area contributed by atoms with E-state index in [0.29, 0.717) is 0 Å². The highest BCUT2D eigenvalue weighted by Crippen LogP contribution is 2.43. The maximum atomic E-state index is 2.60. The minimum atomic E-state index is -1.93. The molecule has 0 fully saturated rings. The molecule has 0 saturated heterocycles. The molecule has 0 atom stereocenters. The lowest BCUT2D eigenvalue weighted by atomic mass is 9.90. The van der Waals surface area contributed by atoms with Crippen LogP contribution in [0.25, 0.3) is 54.9 Å². The Morgan fingerprint density at radius 1 is 0.421 bits per heavy atom. The molecule has 0 aliphatic carbocycles. The van der Waals surface area contributed by atoms with Crippen molar-refractivity contribution in [3.63, 3.8) is 0 Å². The summed E-state index contributed by atoms with van der Waals surface area (Å²) in [6, 6.07) is 41.4. The predicted molar refractivity (Wildman–Crippen MR) is 171 cm³/mol. The van der Waals surface area contributed by atoms with E-state index in [1.165, 1.54) is 54.9 Å². The largest absolute Gasteiger partial charge is 0.113 e. The molecule has 6 aromatic carbocycles. The molecule has 0 amide bonds. The first-order valence-corrected chi connectivity index (χ1v) is 19.7. The summed E-state index contributed by atoms with van der Waals surface area (Å²) in [4.78, 5) is 0. The van der Waals surface area contributed by atoms with Crippen molar-refractivity contribution in [2.75, 3.05) is 0 Å². The van der Waals surface area contributed by atoms with Crippen molar-refractivity contribution < 1.29 is 0 Å². The maximum Gasteiger partial charge on any atom is 0.113 e. The lowest BCUT2D eigenvalue weighted by Crippen LogP contribution is -2.63. The normalized spacial score (nSPS) is 15.8. The lowest BCUT2D eigenvalue weighted by Gasteiger charge is -2.29. The third-order valence-electron chi connectivity index (χ3n) is 9.40. The smallest absolute Gasteiger partial charge is 0.0623 e. The Labute approximate surface area is 226 Å². The standard InChI is InChI=1S/C36H30Si2/c1-37(2)31-19-10-9-17-29(31)33-27-15-7-8-16-28(27)34-30-22-24(20-21-32(30)38(3,4)36(34)35(33)37)26-18-11-13-23-12-5-6-14-25(23)26/h5-22H,1-4H3. The van der Waals surface area contributed by atoms with Gasteiger partial charge >= 0.3 is 0 Å². The van der Waals surface area contributed by atoms with E-state index in [-0.39, 0.29) is 0 Å². The van der Waals surface area contributed by atoms with Crippen LogP contribution >= 0.6 is 0 Å². The topological polar surface area (TPSA) is 0 Å². The van der Waals surface area contributed by atoms with Crippen molar-refractivity contribution in [2.24, 2.45) is 0 Å². The maximum absolute atomic E-state index is 2.60. The van der Waals surface area contributed by atoms with Gasteiger partial charge in [-0.05, 0) is 81.7 Å². The van der Waals surface area contributed by atoms with Crippen molar-refractivity contribution in [3.05, 3.63) is 109 Å². The van der Waals surface area contributed by atoms with Gasteiger partial charge < -0.3 is 0 Å². The summed E-state index contributed by atoms with van der Waals surface area (Å²) >= 11 is 0. The second kappa shape index (κ2) is 7.44. The second-order valence-corrected chi connectivity index (χ2v) is 20.7. The van der Waals surface area contributed by atoms with Gasteiger partial charge in [0.05, 0.1) is 0 Å². The summed E-state index contributed by atoms with van der Waals surface area (Å²) in [5.74, 6) is 0. The molecule has 0 bridgehead atoms. The van der Waals surface area contributed by atoms with Gasteiger partial charge in [-0.25, -0.2) is 0 Å². The van der Waals surface area contributed by atoms with Crippen LogP contribution in [-0.4, -0.2) is 16.1 Å². The number of hydrogen-bond donors (Lipinski definition) is 0. The molecule has 2 aliphatic heterocycles. The third-order valence-corrected chi connectivity index (χ3v) is 16.7. The molecule has 0 unspecified atom stereocenters. The van der Waals surface area contributed by atoms with Crippen LogP contribution in [0.5, 0.6) is 0 Å². The minimum Gasteiger partial charge on any atom is -0.0623 e. The highest BCUT2D eigenvalue weighted by molar-refractivity contribution is 7.13. The molecule has 0 nitrogen and oxygen atoms in total. The van der Waals surface area contributed by atoms with Gasteiger partial charge in [0.2, 0.25) is 0 Å². The van der Waals surface area contributed by atoms with Crippen LogP contribution in [0.1, 0.15) is 0 Å². The van der Waals surface area contributed by atoms with Crippen molar-refractivity contribution in [2.45, 2.75) is 26.2 Å². The van der Waals surface area contributed by atoms with Crippen molar-refractivity contribution in [3.8, 4) is 33.4 Å². The summed E-state index contributed by atoms with van der Waals surface area (Å²) in [5, 5.41) is 12.1. The van der Waals surface area contributed by atoms with Crippen molar-refractivity contribution in [1.82, 2.24) is 0 Å². The van der Waals surface area contributed by atoms with E-state index in [4.69, 9.17) is 0 Å². The SMILES string of the molecule is C[Si]1(C)c2ccccc2-c2c1c1c(c3ccccc23)-c2cc(-c3cccc4ccccc34)ccc2[Si]1(C)C. The molecule has 38 heavy (non-hydrogen) atoms. The first kappa shape index (κ1) is 22.3. The summed E-state index contributed by atoms with van der Waals surface area (Å²) in [6.45, 7) is 10.4. The van der Waals surface area contributed by atoms with Gasteiger partial charge in [-0.2, -0.15) is 0 Å². The third kappa shape index (κ3) is 2.69. The average Bonchev–Trinajstić information content (AvgIpc) is 3.32. The van der Waals surface area contributed by atoms with Gasteiger partial charge in [0.25, 0.3) is 0 Å². The van der Waals surface area contributed by atoms with Gasteiger partial charge in [0.15, 0.2) is 0 Å². The Morgan fingerprint density at radius 2 is 0.947 bits per heavy atom. The van der Waals surface area contributed by atoms with E-state index in [2.05, 4.69) is 135 Å². The van der Waals surface area contributed by atoms with Gasteiger partial charge in [0.1, 0.15) is 16.1 Å². The van der Waals surface area contributed by atoms with Crippen molar-refractivity contribution >= 4 is 58.4 Å². The fraction of sp³-hybridized carbons (Fsp3) is 0.111. The van der Waals surface area contributed by atoms with E-state index in [1.807, 2.05) is 0 Å². The molecule has 0 radical (unpaired) electrons. The zero-order chi connectivity index (χ0) is 25.8. The summed E-state index contributed by atoms with van der Waals surface area (Å²) < 4.78 is 0. The Kier molecular flexibility index (Phi) is 4.36. The molecular formula is C36H30Si2. The average molecular weight is 519 g/mol. The van der Waals surface area contributed by atoms with E-state index in [0.717, 1.165) is 0 Å². The second-order valence-electron chi connectivity index (χ2n) is 12.1. The van der Waals surface area contributed by atoms with E-state index in [1.54, 1.807) is 20.7 Å². The van der Waals surface area contributed by atoms with Gasteiger partial charge in [-0.1, -0.05) is 129 Å². The molecule has 2 aliphatic rings. The summed E-state index contributed by atoms with van der Waals surface area (Å²) in [7, 11) is -3.79. The molecule has 0 aromatic heterocycles. The van der Waals surface area contributed by atoms with Crippen LogP contribution in [0.15, 0.2) is 109 Å². The highest BCUT2D eigenvalue weighted by atomic mass is 28.3. The fourth-order valence-corrected chi connectivity index (χ4v) is 16.2. The highest BCUT2D eigenvalue weighted by Gasteiger charge is 2.48. The Balaban J connectivity index is 1.50. The van der Waals surface area contributed by atoms with E-state index in [9.17, 15) is 0 Å². The molecule has 2 heterocycles. The number of benzene rings is 6. The predicted octanol–water partition coefficient (Wildman–Crippen LogP) is 7.27. The quantitative estimate of drug-likeness (QED) is 0.201. The minimum absolute atomic E-state index is 1.30. The molecule has 8 rings (SSSR count). The monoisotopic (exact) mass is 518 g/mol. The molecular weight excluding hydrogens is 489 g/mol. The Bertz CT molecular complexity index is 1970. The summed E-state index contributed by atoms with van der Waals surface area (Å²) in [5.41, 5.74) is 8.67. The van der Waals surface area contributed by atoms with Crippen LogP contribution < -0.4 is 20.7 Å². The Morgan fingerprint density at radius 3 is 1.68 bits per heavy atom. The van der Waals surface area contributed by atoms with Gasteiger partial charge in [-0.3, -0.25) is 0 Å². The van der Waals surface area contributed by atoms with E-state index < -0.39 is 16.1 Å². The van der Waals surface area contributed by atoms with Crippen LogP contribution in [0.4, 0.5) is 0 Å². The number of rotatable bonds is 1. The lowest BCUT2D eigenvalue weighted by molar-refractivity contribution is 1.66. The molecule has 182 valence electrons. The number of hydrogen-bond acceptors (Lipinski definition) is 0. The zero-order valence-electron chi connectivity index (χ0n) is 22.4. The number of fused-ring (bicyclic) bond motifs is 11.